The van der Waals surface area contributed by atoms with Gasteiger partial charge in [0.1, 0.15) is 23.2 Å². The van der Waals surface area contributed by atoms with Gasteiger partial charge >= 0.3 is 0 Å². The van der Waals surface area contributed by atoms with E-state index in [1.54, 1.807) is 10.9 Å². The van der Waals surface area contributed by atoms with E-state index in [2.05, 4.69) is 30.0 Å². The van der Waals surface area contributed by atoms with Crippen LogP contribution in [0.1, 0.15) is 17.5 Å². The number of nitrogens with zero attached hydrogens (tertiary/aromatic N) is 7. The van der Waals surface area contributed by atoms with Crippen LogP contribution >= 0.6 is 0 Å². The van der Waals surface area contributed by atoms with Crippen molar-refractivity contribution in [2.24, 2.45) is 0 Å². The summed E-state index contributed by atoms with van der Waals surface area (Å²) >= 11 is 0. The van der Waals surface area contributed by atoms with Crippen LogP contribution in [0.2, 0.25) is 0 Å². The number of aryl methyl sites for hydroxylation is 3. The fourth-order valence-electron chi connectivity index (χ4n) is 1.88. The van der Waals surface area contributed by atoms with Crippen LogP contribution in [0, 0.1) is 20.8 Å². The Morgan fingerprint density at radius 3 is 2.40 bits per heavy atom. The van der Waals surface area contributed by atoms with Gasteiger partial charge in [0.2, 0.25) is 0 Å². The molecule has 0 amide bonds. The third-order valence-corrected chi connectivity index (χ3v) is 2.69. The van der Waals surface area contributed by atoms with E-state index in [1.165, 1.54) is 0 Å². The van der Waals surface area contributed by atoms with E-state index in [1.807, 2.05) is 39.0 Å². The summed E-state index contributed by atoms with van der Waals surface area (Å²) in [6, 6.07) is 5.60. The highest BCUT2D eigenvalue weighted by molar-refractivity contribution is 5.48. The Morgan fingerprint density at radius 1 is 0.900 bits per heavy atom. The summed E-state index contributed by atoms with van der Waals surface area (Å²) in [5.74, 6) is 3.01. The first-order valence-corrected chi connectivity index (χ1v) is 6.18. The molecule has 0 atom stereocenters. The number of aromatic nitrogens is 7. The number of rotatable bonds is 2. The third kappa shape index (κ3) is 2.25. The van der Waals surface area contributed by atoms with Crippen molar-refractivity contribution in [3.8, 4) is 17.5 Å². The molecule has 3 rings (SSSR count). The lowest BCUT2D eigenvalue weighted by atomic mass is 10.3. The highest BCUT2D eigenvalue weighted by Gasteiger charge is 2.12. The number of pyridine rings is 1. The largest absolute Gasteiger partial charge is 0.256 e. The lowest BCUT2D eigenvalue weighted by Gasteiger charge is -2.05. The van der Waals surface area contributed by atoms with Crippen molar-refractivity contribution in [3.05, 3.63) is 41.9 Å². The van der Waals surface area contributed by atoms with Crippen molar-refractivity contribution >= 4 is 0 Å². The van der Waals surface area contributed by atoms with E-state index >= 15 is 0 Å². The van der Waals surface area contributed by atoms with Crippen LogP contribution in [-0.2, 0) is 0 Å². The van der Waals surface area contributed by atoms with Crippen molar-refractivity contribution in [2.45, 2.75) is 20.8 Å². The van der Waals surface area contributed by atoms with Crippen LogP contribution in [0.3, 0.4) is 0 Å². The molecule has 3 aromatic rings. The van der Waals surface area contributed by atoms with E-state index in [0.29, 0.717) is 29.1 Å². The Kier molecular flexibility index (Phi) is 2.94. The summed E-state index contributed by atoms with van der Waals surface area (Å²) in [5.41, 5.74) is 0.703. The minimum Gasteiger partial charge on any atom is -0.253 e. The zero-order valence-corrected chi connectivity index (χ0v) is 11.4. The lowest BCUT2D eigenvalue weighted by molar-refractivity contribution is 0.753. The summed E-state index contributed by atoms with van der Waals surface area (Å²) in [5, 5.41) is 4.29. The second-order valence-corrected chi connectivity index (χ2v) is 4.34. The van der Waals surface area contributed by atoms with Gasteiger partial charge in [0.15, 0.2) is 5.82 Å². The molecule has 0 bridgehead atoms. The summed E-state index contributed by atoms with van der Waals surface area (Å²) in [6.45, 7) is 5.51. The van der Waals surface area contributed by atoms with Crippen molar-refractivity contribution in [2.75, 3.05) is 0 Å². The molecule has 0 spiro atoms. The molecule has 7 heteroatoms. The van der Waals surface area contributed by atoms with Crippen molar-refractivity contribution in [3.63, 3.8) is 0 Å². The summed E-state index contributed by atoms with van der Waals surface area (Å²) in [7, 11) is 0. The average molecular weight is 267 g/mol. The van der Waals surface area contributed by atoms with Gasteiger partial charge in [-0.2, -0.15) is 14.6 Å². The molecule has 3 heterocycles. The first-order valence-electron chi connectivity index (χ1n) is 6.18. The van der Waals surface area contributed by atoms with Crippen LogP contribution in [0.25, 0.3) is 17.5 Å². The Bertz CT molecular complexity index is 749. The topological polar surface area (TPSA) is 82.3 Å². The molecule has 0 radical (unpaired) electrons. The first-order chi connectivity index (χ1) is 9.63. The molecule has 0 aromatic carbocycles. The lowest BCUT2D eigenvalue weighted by Crippen LogP contribution is -2.09. The monoisotopic (exact) mass is 267 g/mol. The van der Waals surface area contributed by atoms with Gasteiger partial charge < -0.3 is 0 Å². The second-order valence-electron chi connectivity index (χ2n) is 4.34. The maximum absolute atomic E-state index is 4.42. The highest BCUT2D eigenvalue weighted by atomic mass is 15.4. The van der Waals surface area contributed by atoms with Gasteiger partial charge in [-0.25, -0.2) is 9.97 Å². The summed E-state index contributed by atoms with van der Waals surface area (Å²) in [4.78, 5) is 21.6. The molecule has 100 valence electrons. The molecule has 0 saturated heterocycles. The van der Waals surface area contributed by atoms with Crippen molar-refractivity contribution in [1.29, 1.82) is 0 Å². The standard InChI is InChI=1S/C13H13N7/c1-8-16-12(11-6-4-5-7-14-11)18-13(17-8)20-10(3)15-9(2)19-20/h4-7H,1-3H3. The number of hydrogen-bond acceptors (Lipinski definition) is 6. The van der Waals surface area contributed by atoms with Gasteiger partial charge in [-0.15, -0.1) is 5.10 Å². The Hall–Kier alpha value is -2.70. The molecule has 0 fully saturated rings. The van der Waals surface area contributed by atoms with Crippen LogP contribution in [0.15, 0.2) is 24.4 Å². The van der Waals surface area contributed by atoms with Crippen LogP contribution in [0.4, 0.5) is 0 Å². The van der Waals surface area contributed by atoms with Gasteiger partial charge in [-0.1, -0.05) is 6.07 Å². The maximum Gasteiger partial charge on any atom is 0.256 e. The Morgan fingerprint density at radius 2 is 1.75 bits per heavy atom. The van der Waals surface area contributed by atoms with Gasteiger partial charge in [-0.05, 0) is 32.9 Å². The maximum atomic E-state index is 4.42. The average Bonchev–Trinajstić information content (AvgIpc) is 2.78. The quantitative estimate of drug-likeness (QED) is 0.698. The fourth-order valence-corrected chi connectivity index (χ4v) is 1.88. The first kappa shape index (κ1) is 12.3. The highest BCUT2D eigenvalue weighted by Crippen LogP contribution is 2.13. The summed E-state index contributed by atoms with van der Waals surface area (Å²) < 4.78 is 1.61. The molecule has 20 heavy (non-hydrogen) atoms. The van der Waals surface area contributed by atoms with Gasteiger partial charge in [0.05, 0.1) is 0 Å². The van der Waals surface area contributed by atoms with Crippen LogP contribution in [0.5, 0.6) is 0 Å². The Balaban J connectivity index is 2.14. The minimum atomic E-state index is 0.455. The van der Waals surface area contributed by atoms with Crippen molar-refractivity contribution in [1.82, 2.24) is 34.7 Å². The number of hydrogen-bond donors (Lipinski definition) is 0. The zero-order chi connectivity index (χ0) is 14.1. The molecule has 0 aliphatic carbocycles. The molecular formula is C13H13N7. The predicted molar refractivity (Wildman–Crippen MR) is 72.2 cm³/mol. The van der Waals surface area contributed by atoms with Crippen LogP contribution < -0.4 is 0 Å². The smallest absolute Gasteiger partial charge is 0.253 e. The molecule has 0 aliphatic rings. The molecule has 0 unspecified atom stereocenters. The summed E-state index contributed by atoms with van der Waals surface area (Å²) in [6.07, 6.45) is 1.71. The molecule has 0 saturated carbocycles. The van der Waals surface area contributed by atoms with E-state index in [-0.39, 0.29) is 0 Å². The van der Waals surface area contributed by atoms with E-state index < -0.39 is 0 Å². The molecule has 7 nitrogen and oxygen atoms in total. The van der Waals surface area contributed by atoms with E-state index in [4.69, 9.17) is 0 Å². The van der Waals surface area contributed by atoms with Gasteiger partial charge in [0.25, 0.3) is 5.95 Å². The Labute approximate surface area is 115 Å². The van der Waals surface area contributed by atoms with Gasteiger partial charge in [0, 0.05) is 6.20 Å². The third-order valence-electron chi connectivity index (χ3n) is 2.69. The van der Waals surface area contributed by atoms with Gasteiger partial charge in [-0.3, -0.25) is 4.98 Å². The normalized spacial score (nSPS) is 10.8. The van der Waals surface area contributed by atoms with E-state index in [0.717, 1.165) is 5.82 Å². The molecular weight excluding hydrogens is 254 g/mol. The molecule has 3 aromatic heterocycles. The SMILES string of the molecule is Cc1nc(-c2ccccn2)nc(-n2nc(C)nc2C)n1. The van der Waals surface area contributed by atoms with E-state index in [9.17, 15) is 0 Å². The molecule has 0 N–H and O–H groups in total. The van der Waals surface area contributed by atoms with Crippen molar-refractivity contribution < 1.29 is 0 Å². The second kappa shape index (κ2) is 4.76. The van der Waals surface area contributed by atoms with Crippen LogP contribution in [-0.4, -0.2) is 34.7 Å². The fraction of sp³-hybridized carbons (Fsp3) is 0.231. The minimum absolute atomic E-state index is 0.455. The zero-order valence-electron chi connectivity index (χ0n) is 11.4. The molecule has 0 aliphatic heterocycles. The predicted octanol–water partition coefficient (Wildman–Crippen LogP) is 1.44.